The number of hydrogen-bond acceptors (Lipinski definition) is 8. The zero-order chi connectivity index (χ0) is 29.5. The topological polar surface area (TPSA) is 87.5 Å². The lowest BCUT2D eigenvalue weighted by molar-refractivity contribution is -0.143. The summed E-state index contributed by atoms with van der Waals surface area (Å²) in [5.74, 6) is 1.90. The first kappa shape index (κ1) is 31.3. The van der Waals surface area contributed by atoms with Gasteiger partial charge in [0.05, 0.1) is 29.9 Å². The summed E-state index contributed by atoms with van der Waals surface area (Å²) >= 11 is 11.5. The molecule has 1 N–H and O–H groups in total. The van der Waals surface area contributed by atoms with Crippen LogP contribution in [-0.2, 0) is 15.3 Å². The third-order valence-electron chi connectivity index (χ3n) is 6.52. The molecule has 0 saturated heterocycles. The summed E-state index contributed by atoms with van der Waals surface area (Å²) in [6.45, 7) is 8.28. The van der Waals surface area contributed by atoms with E-state index in [2.05, 4.69) is 28.2 Å². The number of benzene rings is 2. The molecule has 0 amide bonds. The van der Waals surface area contributed by atoms with Crippen LogP contribution in [0.3, 0.4) is 0 Å². The Morgan fingerprint density at radius 3 is 2.71 bits per heavy atom. The second kappa shape index (κ2) is 14.5. The van der Waals surface area contributed by atoms with Crippen LogP contribution < -0.4 is 14.8 Å². The Morgan fingerprint density at radius 1 is 1.22 bits per heavy atom. The molecule has 2 aromatic carbocycles. The molecule has 3 aromatic rings. The second-order valence-corrected chi connectivity index (χ2v) is 12.2. The molecule has 0 radical (unpaired) electrons. The van der Waals surface area contributed by atoms with Crippen molar-refractivity contribution in [3.63, 3.8) is 0 Å². The van der Waals surface area contributed by atoms with Gasteiger partial charge in [0, 0.05) is 16.5 Å². The number of aromatic nitrogens is 3. The third kappa shape index (κ3) is 7.59. The molecule has 8 nitrogen and oxygen atoms in total. The number of carbonyl (C=O) groups excluding carboxylic acids is 1. The van der Waals surface area contributed by atoms with Crippen LogP contribution in [0, 0.1) is 0 Å². The van der Waals surface area contributed by atoms with E-state index < -0.39 is 12.0 Å². The lowest BCUT2D eigenvalue weighted by atomic mass is 9.95. The first-order valence-corrected chi connectivity index (χ1v) is 15.9. The molecule has 0 spiro atoms. The molecule has 0 fully saturated rings. The summed E-state index contributed by atoms with van der Waals surface area (Å²) in [5, 5.41) is 9.33. The highest BCUT2D eigenvalue weighted by Gasteiger charge is 2.36. The van der Waals surface area contributed by atoms with Crippen LogP contribution in [0.1, 0.15) is 70.5 Å². The van der Waals surface area contributed by atoms with Crippen molar-refractivity contribution in [2.75, 3.05) is 19.0 Å². The van der Waals surface area contributed by atoms with Crippen LogP contribution in [0.25, 0.3) is 0 Å². The zero-order valence-electron chi connectivity index (χ0n) is 24.0. The summed E-state index contributed by atoms with van der Waals surface area (Å²) in [7, 11) is 1.61. The molecular weight excluding hydrogens is 628 g/mol. The molecule has 1 aromatic heterocycles. The number of carbonyl (C=O) groups is 1. The monoisotopic (exact) mass is 662 g/mol. The summed E-state index contributed by atoms with van der Waals surface area (Å²) in [4.78, 5) is 18.2. The van der Waals surface area contributed by atoms with Crippen molar-refractivity contribution in [1.29, 1.82) is 0 Å². The Morgan fingerprint density at radius 2 is 2.00 bits per heavy atom. The number of nitrogens with one attached hydrogen (secondary N) is 1. The van der Waals surface area contributed by atoms with Crippen LogP contribution in [0.2, 0.25) is 5.02 Å². The van der Waals surface area contributed by atoms with Gasteiger partial charge < -0.3 is 19.5 Å². The highest BCUT2D eigenvalue weighted by Crippen LogP contribution is 2.43. The highest BCUT2D eigenvalue weighted by atomic mass is 79.9. The van der Waals surface area contributed by atoms with Crippen LogP contribution in [0.4, 0.5) is 5.95 Å². The molecule has 1 aliphatic rings. The fourth-order valence-corrected chi connectivity index (χ4v) is 6.23. The van der Waals surface area contributed by atoms with E-state index >= 15 is 0 Å². The van der Waals surface area contributed by atoms with E-state index in [0.717, 1.165) is 34.9 Å². The minimum absolute atomic E-state index is 0.285. The van der Waals surface area contributed by atoms with Crippen molar-refractivity contribution in [1.82, 2.24) is 14.8 Å². The number of anilines is 1. The third-order valence-corrected chi connectivity index (χ3v) is 8.37. The Balaban J connectivity index is 1.70. The number of halogens is 2. The van der Waals surface area contributed by atoms with Crippen LogP contribution in [-0.4, -0.2) is 40.6 Å². The largest absolute Gasteiger partial charge is 0.493 e. The van der Waals surface area contributed by atoms with Crippen LogP contribution >= 0.6 is 39.3 Å². The van der Waals surface area contributed by atoms with E-state index in [0.29, 0.717) is 51.3 Å². The predicted molar refractivity (Wildman–Crippen MR) is 167 cm³/mol. The number of allylic oxidation sites excluding steroid dienone is 1. The first-order chi connectivity index (χ1) is 19.7. The van der Waals surface area contributed by atoms with Crippen molar-refractivity contribution in [3.8, 4) is 11.5 Å². The molecule has 1 atom stereocenters. The number of methoxy groups -OCH3 is 1. The van der Waals surface area contributed by atoms with Gasteiger partial charge in [-0.05, 0) is 72.4 Å². The number of rotatable bonds is 13. The summed E-state index contributed by atoms with van der Waals surface area (Å²) < 4.78 is 20.0. The molecule has 4 rings (SSSR count). The van der Waals surface area contributed by atoms with E-state index in [1.807, 2.05) is 57.2 Å². The van der Waals surface area contributed by atoms with Crippen molar-refractivity contribution in [2.24, 2.45) is 0 Å². The fourth-order valence-electron chi connectivity index (χ4n) is 4.54. The van der Waals surface area contributed by atoms with E-state index in [9.17, 15) is 4.79 Å². The maximum Gasteiger partial charge on any atom is 0.338 e. The standard InChI is InChI=1S/C30H36BrClN4O4S/c1-6-7-8-11-14-39-27-22(31)15-21(16-24(27)38-5)26-25(28(37)40-18(2)3)19(4)33-29-34-30(35-36(26)29)41-17-20-12-9-10-13-23(20)32/h9-10,12-13,15-16,18,26H,6-8,11,14,17H2,1-5H3,(H,33,34,35). The summed E-state index contributed by atoms with van der Waals surface area (Å²) in [6, 6.07) is 10.9. The van der Waals surface area contributed by atoms with E-state index in [4.69, 9.17) is 35.9 Å². The van der Waals surface area contributed by atoms with Crippen LogP contribution in [0.15, 0.2) is 57.3 Å². The molecule has 0 saturated carbocycles. The Labute approximate surface area is 259 Å². The van der Waals surface area contributed by atoms with Gasteiger partial charge in [0.1, 0.15) is 6.04 Å². The Kier molecular flexibility index (Phi) is 11.0. The van der Waals surface area contributed by atoms with Crippen molar-refractivity contribution in [2.45, 2.75) is 76.4 Å². The number of esters is 1. The van der Waals surface area contributed by atoms with Gasteiger partial charge in [-0.2, -0.15) is 4.98 Å². The summed E-state index contributed by atoms with van der Waals surface area (Å²) in [5.41, 5.74) is 2.86. The lowest BCUT2D eigenvalue weighted by Gasteiger charge is -2.29. The Bertz CT molecular complexity index is 1410. The average Bonchev–Trinajstić information content (AvgIpc) is 3.34. The van der Waals surface area contributed by atoms with Gasteiger partial charge in [-0.1, -0.05) is 67.7 Å². The predicted octanol–water partition coefficient (Wildman–Crippen LogP) is 8.19. The van der Waals surface area contributed by atoms with Gasteiger partial charge in [0.25, 0.3) is 0 Å². The van der Waals surface area contributed by atoms with Gasteiger partial charge in [0.2, 0.25) is 11.1 Å². The van der Waals surface area contributed by atoms with Gasteiger partial charge >= 0.3 is 5.97 Å². The summed E-state index contributed by atoms with van der Waals surface area (Å²) in [6.07, 6.45) is 4.13. The van der Waals surface area contributed by atoms with E-state index in [1.54, 1.807) is 11.8 Å². The fraction of sp³-hybridized carbons (Fsp3) is 0.433. The number of fused-ring (bicyclic) bond motifs is 1. The number of hydrogen-bond donors (Lipinski definition) is 1. The lowest BCUT2D eigenvalue weighted by Crippen LogP contribution is -2.30. The molecule has 0 aliphatic carbocycles. The second-order valence-electron chi connectivity index (χ2n) is 10.0. The van der Waals surface area contributed by atoms with E-state index in [1.165, 1.54) is 18.2 Å². The molecule has 1 aliphatic heterocycles. The number of unbranched alkanes of at least 4 members (excludes halogenated alkanes) is 3. The highest BCUT2D eigenvalue weighted by molar-refractivity contribution is 9.10. The minimum atomic E-state index is -0.608. The van der Waals surface area contributed by atoms with Gasteiger partial charge in [-0.15, -0.1) is 5.10 Å². The van der Waals surface area contributed by atoms with Gasteiger partial charge in [-0.25, -0.2) is 9.48 Å². The van der Waals surface area contributed by atoms with Crippen molar-refractivity contribution < 1.29 is 19.0 Å². The first-order valence-electron chi connectivity index (χ1n) is 13.7. The maximum absolute atomic E-state index is 13.4. The van der Waals surface area contributed by atoms with Crippen LogP contribution in [0.5, 0.6) is 11.5 Å². The number of nitrogens with zero attached hydrogens (tertiary/aromatic N) is 3. The molecule has 41 heavy (non-hydrogen) atoms. The molecule has 220 valence electrons. The molecule has 11 heteroatoms. The molecule has 0 bridgehead atoms. The van der Waals surface area contributed by atoms with Gasteiger partial charge in [0.15, 0.2) is 11.5 Å². The number of thioether (sulfide) groups is 1. The van der Waals surface area contributed by atoms with Crippen molar-refractivity contribution in [3.05, 3.63) is 68.3 Å². The maximum atomic E-state index is 13.4. The molecule has 1 unspecified atom stereocenters. The minimum Gasteiger partial charge on any atom is -0.493 e. The SMILES string of the molecule is CCCCCCOc1c(Br)cc(C2C(C(=O)OC(C)C)=C(C)Nc3nc(SCc4ccccc4Cl)nn32)cc1OC. The average molecular weight is 664 g/mol. The normalized spacial score (nSPS) is 14.6. The molecule has 2 heterocycles. The number of ether oxygens (including phenoxy) is 3. The smallest absolute Gasteiger partial charge is 0.338 e. The quantitative estimate of drug-likeness (QED) is 0.111. The Hall–Kier alpha value is -2.69. The van der Waals surface area contributed by atoms with Gasteiger partial charge in [-0.3, -0.25) is 0 Å². The molecular formula is C30H36BrClN4O4S. The zero-order valence-corrected chi connectivity index (χ0v) is 27.2. The van der Waals surface area contributed by atoms with E-state index in [-0.39, 0.29) is 6.10 Å². The van der Waals surface area contributed by atoms with Crippen molar-refractivity contribution >= 4 is 51.2 Å².